The van der Waals surface area contributed by atoms with Crippen molar-refractivity contribution in [1.82, 2.24) is 15.2 Å². The van der Waals surface area contributed by atoms with E-state index in [1.807, 2.05) is 51.0 Å². The molecule has 0 radical (unpaired) electrons. The molecule has 170 valence electrons. The van der Waals surface area contributed by atoms with Gasteiger partial charge in [0.1, 0.15) is 5.82 Å². The second-order valence-electron chi connectivity index (χ2n) is 8.47. The molecule has 33 heavy (non-hydrogen) atoms. The Bertz CT molecular complexity index is 1260. The monoisotopic (exact) mass is 446 g/mol. The standard InChI is InChI=1S/C26H27FN4O2/c1-15-22(29-16(2)23(15)26(33)28-12-13-31(3)4)14-20-24-19(17-8-10-18(27)11-9-17)6-5-7-21(24)30-25(20)32/h5-11,14,29H,12-13H2,1-4H3,(H,28,33)(H,30,32). The van der Waals surface area contributed by atoms with E-state index in [2.05, 4.69) is 15.6 Å². The summed E-state index contributed by atoms with van der Waals surface area (Å²) in [6.07, 6.45) is 1.78. The fourth-order valence-corrected chi connectivity index (χ4v) is 4.14. The van der Waals surface area contributed by atoms with Crippen LogP contribution < -0.4 is 10.6 Å². The number of halogens is 1. The maximum absolute atomic E-state index is 13.5. The number of fused-ring (bicyclic) bond motifs is 1. The van der Waals surface area contributed by atoms with Gasteiger partial charge in [-0.2, -0.15) is 0 Å². The maximum atomic E-state index is 13.5. The van der Waals surface area contributed by atoms with Crippen LogP contribution in [0.15, 0.2) is 42.5 Å². The van der Waals surface area contributed by atoms with Crippen LogP contribution in [0.2, 0.25) is 0 Å². The van der Waals surface area contributed by atoms with Crippen molar-refractivity contribution in [3.63, 3.8) is 0 Å². The number of benzene rings is 2. The molecule has 1 aliphatic heterocycles. The highest BCUT2D eigenvalue weighted by atomic mass is 19.1. The first-order valence-electron chi connectivity index (χ1n) is 10.8. The lowest BCUT2D eigenvalue weighted by atomic mass is 9.94. The number of likely N-dealkylation sites (N-methyl/N-ethyl adjacent to an activating group) is 1. The van der Waals surface area contributed by atoms with Gasteiger partial charge in [0.2, 0.25) is 0 Å². The lowest BCUT2D eigenvalue weighted by Gasteiger charge is -2.10. The Hall–Kier alpha value is -3.71. The van der Waals surface area contributed by atoms with Gasteiger partial charge in [0.25, 0.3) is 11.8 Å². The number of aryl methyl sites for hydroxylation is 1. The van der Waals surface area contributed by atoms with Crippen LogP contribution in [0, 0.1) is 19.7 Å². The van der Waals surface area contributed by atoms with E-state index in [0.29, 0.717) is 29.1 Å². The molecule has 6 nitrogen and oxygen atoms in total. The van der Waals surface area contributed by atoms with Gasteiger partial charge in [-0.15, -0.1) is 0 Å². The number of aromatic amines is 1. The molecular formula is C26H27FN4O2. The molecule has 7 heteroatoms. The predicted octanol–water partition coefficient (Wildman–Crippen LogP) is 4.22. The minimum absolute atomic E-state index is 0.143. The summed E-state index contributed by atoms with van der Waals surface area (Å²) in [5, 5.41) is 5.86. The number of carbonyl (C=O) groups excluding carboxylic acids is 2. The number of nitrogens with zero attached hydrogens (tertiary/aromatic N) is 1. The zero-order chi connectivity index (χ0) is 23.7. The summed E-state index contributed by atoms with van der Waals surface area (Å²) in [6, 6.07) is 11.8. The number of aromatic nitrogens is 1. The van der Waals surface area contributed by atoms with E-state index in [-0.39, 0.29) is 17.6 Å². The van der Waals surface area contributed by atoms with Crippen molar-refractivity contribution < 1.29 is 14.0 Å². The third kappa shape index (κ3) is 4.45. The molecule has 1 aromatic heterocycles. The van der Waals surface area contributed by atoms with Crippen LogP contribution >= 0.6 is 0 Å². The number of hydrogen-bond donors (Lipinski definition) is 3. The number of hydrogen-bond acceptors (Lipinski definition) is 3. The molecule has 0 atom stereocenters. The molecule has 2 aromatic carbocycles. The van der Waals surface area contributed by atoms with Crippen molar-refractivity contribution in [1.29, 1.82) is 0 Å². The molecule has 4 rings (SSSR count). The summed E-state index contributed by atoms with van der Waals surface area (Å²) in [5.74, 6) is -0.676. The predicted molar refractivity (Wildman–Crippen MR) is 129 cm³/mol. The van der Waals surface area contributed by atoms with Gasteiger partial charge in [-0.3, -0.25) is 9.59 Å². The summed E-state index contributed by atoms with van der Waals surface area (Å²) in [6.45, 7) is 5.01. The molecule has 0 spiro atoms. The zero-order valence-electron chi connectivity index (χ0n) is 19.2. The molecular weight excluding hydrogens is 419 g/mol. The smallest absolute Gasteiger partial charge is 0.256 e. The Kier molecular flexibility index (Phi) is 6.16. The van der Waals surface area contributed by atoms with Gasteiger partial charge in [-0.05, 0) is 68.9 Å². The van der Waals surface area contributed by atoms with Crippen molar-refractivity contribution >= 4 is 29.2 Å². The van der Waals surface area contributed by atoms with E-state index in [1.54, 1.807) is 18.2 Å². The number of amides is 2. The molecule has 0 saturated heterocycles. The van der Waals surface area contributed by atoms with Crippen LogP contribution in [0.1, 0.15) is 32.9 Å². The van der Waals surface area contributed by atoms with Gasteiger partial charge < -0.3 is 20.5 Å². The van der Waals surface area contributed by atoms with Gasteiger partial charge in [-0.1, -0.05) is 24.3 Å². The van der Waals surface area contributed by atoms with Crippen LogP contribution in [0.4, 0.5) is 10.1 Å². The highest BCUT2D eigenvalue weighted by Gasteiger charge is 2.28. The average Bonchev–Trinajstić information content (AvgIpc) is 3.23. The Labute approximate surface area is 192 Å². The molecule has 0 saturated carbocycles. The zero-order valence-corrected chi connectivity index (χ0v) is 19.2. The summed E-state index contributed by atoms with van der Waals surface area (Å²) in [7, 11) is 3.90. The summed E-state index contributed by atoms with van der Waals surface area (Å²) in [4.78, 5) is 30.9. The second kappa shape index (κ2) is 9.03. The summed E-state index contributed by atoms with van der Waals surface area (Å²) in [5.41, 5.74) is 6.43. The van der Waals surface area contributed by atoms with Gasteiger partial charge in [0.05, 0.1) is 11.1 Å². The van der Waals surface area contributed by atoms with E-state index in [0.717, 1.165) is 34.5 Å². The average molecular weight is 447 g/mol. The summed E-state index contributed by atoms with van der Waals surface area (Å²) < 4.78 is 13.5. The van der Waals surface area contributed by atoms with Gasteiger partial charge in [-0.25, -0.2) is 4.39 Å². The van der Waals surface area contributed by atoms with Crippen molar-refractivity contribution in [3.8, 4) is 11.1 Å². The van der Waals surface area contributed by atoms with E-state index in [9.17, 15) is 14.0 Å². The SMILES string of the molecule is Cc1[nH]c(C=C2C(=O)Nc3cccc(-c4ccc(F)cc4)c32)c(C)c1C(=O)NCCN(C)C. The molecule has 0 bridgehead atoms. The number of nitrogens with one attached hydrogen (secondary N) is 3. The minimum Gasteiger partial charge on any atom is -0.358 e. The molecule has 3 N–H and O–H groups in total. The Balaban J connectivity index is 1.73. The van der Waals surface area contributed by atoms with Crippen molar-refractivity contribution in [2.75, 3.05) is 32.5 Å². The van der Waals surface area contributed by atoms with Gasteiger partial charge >= 0.3 is 0 Å². The van der Waals surface area contributed by atoms with Crippen LogP contribution in [0.25, 0.3) is 22.8 Å². The van der Waals surface area contributed by atoms with E-state index >= 15 is 0 Å². The van der Waals surface area contributed by atoms with Crippen molar-refractivity contribution in [3.05, 3.63) is 76.4 Å². The Morgan fingerprint density at radius 2 is 1.85 bits per heavy atom. The number of H-pyrrole nitrogens is 1. The van der Waals surface area contributed by atoms with Crippen molar-refractivity contribution in [2.45, 2.75) is 13.8 Å². The molecule has 0 aliphatic carbocycles. The first-order chi connectivity index (χ1) is 15.8. The molecule has 2 amide bonds. The topological polar surface area (TPSA) is 77.2 Å². The second-order valence-corrected chi connectivity index (χ2v) is 8.47. The quantitative estimate of drug-likeness (QED) is 0.496. The number of anilines is 1. The molecule has 0 fully saturated rings. The normalized spacial score (nSPS) is 14.0. The molecule has 0 unspecified atom stereocenters. The van der Waals surface area contributed by atoms with Crippen molar-refractivity contribution in [2.24, 2.45) is 0 Å². The number of rotatable bonds is 6. The Morgan fingerprint density at radius 3 is 2.55 bits per heavy atom. The van der Waals surface area contributed by atoms with E-state index < -0.39 is 0 Å². The van der Waals surface area contributed by atoms with E-state index in [4.69, 9.17) is 0 Å². The fraction of sp³-hybridized carbons (Fsp3) is 0.231. The largest absolute Gasteiger partial charge is 0.358 e. The van der Waals surface area contributed by atoms with Crippen LogP contribution in [-0.2, 0) is 4.79 Å². The molecule has 3 aromatic rings. The maximum Gasteiger partial charge on any atom is 0.256 e. The van der Waals surface area contributed by atoms with Gasteiger partial charge in [0, 0.05) is 35.7 Å². The molecule has 2 heterocycles. The third-order valence-corrected chi connectivity index (χ3v) is 5.82. The fourth-order valence-electron chi connectivity index (χ4n) is 4.14. The lowest BCUT2D eigenvalue weighted by Crippen LogP contribution is -2.31. The summed E-state index contributed by atoms with van der Waals surface area (Å²) >= 11 is 0. The van der Waals surface area contributed by atoms with Crippen LogP contribution in [0.5, 0.6) is 0 Å². The highest BCUT2D eigenvalue weighted by Crippen LogP contribution is 2.40. The number of carbonyl (C=O) groups is 2. The molecule has 1 aliphatic rings. The minimum atomic E-state index is -0.315. The lowest BCUT2D eigenvalue weighted by molar-refractivity contribution is -0.110. The van der Waals surface area contributed by atoms with Crippen LogP contribution in [0.3, 0.4) is 0 Å². The third-order valence-electron chi connectivity index (χ3n) is 5.82. The van der Waals surface area contributed by atoms with E-state index in [1.165, 1.54) is 12.1 Å². The highest BCUT2D eigenvalue weighted by molar-refractivity contribution is 6.36. The first-order valence-corrected chi connectivity index (χ1v) is 10.8. The first kappa shape index (κ1) is 22.5. The van der Waals surface area contributed by atoms with Gasteiger partial charge in [0.15, 0.2) is 0 Å². The van der Waals surface area contributed by atoms with Crippen LogP contribution in [-0.4, -0.2) is 48.9 Å². The Morgan fingerprint density at radius 1 is 1.12 bits per heavy atom.